The third-order valence-electron chi connectivity index (χ3n) is 4.35. The number of aryl methyl sites for hydroxylation is 3. The standard InChI is InChI=1S/C18H21N5O2/c1-12-20-15-16(19)21-18-22-17(15)23(12)8-7-13-5-4-6-14(11-13)24-9-2-3-10-25-18/h4-6,11H,2-3,7-10H2,1H3,(H2,19,21,22). The van der Waals surface area contributed by atoms with Crippen molar-refractivity contribution in [2.24, 2.45) is 0 Å². The van der Waals surface area contributed by atoms with Crippen LogP contribution in [0.25, 0.3) is 11.2 Å². The zero-order chi connectivity index (χ0) is 17.2. The van der Waals surface area contributed by atoms with Crippen LogP contribution in [0.5, 0.6) is 11.8 Å². The van der Waals surface area contributed by atoms with Crippen molar-refractivity contribution in [3.05, 3.63) is 35.7 Å². The molecule has 2 aromatic heterocycles. The van der Waals surface area contributed by atoms with E-state index in [1.807, 2.05) is 19.1 Å². The first-order valence-corrected chi connectivity index (χ1v) is 8.55. The molecule has 0 aliphatic carbocycles. The van der Waals surface area contributed by atoms with Gasteiger partial charge in [-0.2, -0.15) is 9.97 Å². The van der Waals surface area contributed by atoms with Crippen LogP contribution in [0.15, 0.2) is 24.3 Å². The second kappa shape index (κ2) is 6.58. The lowest BCUT2D eigenvalue weighted by atomic mass is 10.1. The number of rotatable bonds is 0. The molecule has 4 bridgehead atoms. The highest BCUT2D eigenvalue weighted by Crippen LogP contribution is 2.23. The Hall–Kier alpha value is -2.83. The summed E-state index contributed by atoms with van der Waals surface area (Å²) in [4.78, 5) is 13.3. The third-order valence-corrected chi connectivity index (χ3v) is 4.35. The van der Waals surface area contributed by atoms with Gasteiger partial charge in [-0.05, 0) is 43.9 Å². The average Bonchev–Trinajstić information content (AvgIpc) is 2.92. The Morgan fingerprint density at radius 3 is 2.80 bits per heavy atom. The number of ether oxygens (including phenoxy) is 2. The molecule has 1 aromatic carbocycles. The summed E-state index contributed by atoms with van der Waals surface area (Å²) < 4.78 is 13.6. The zero-order valence-electron chi connectivity index (χ0n) is 14.2. The van der Waals surface area contributed by atoms with Crippen molar-refractivity contribution in [3.63, 3.8) is 0 Å². The number of fused-ring (bicyclic) bond motifs is 3. The van der Waals surface area contributed by atoms with Gasteiger partial charge in [-0.25, -0.2) is 4.98 Å². The molecule has 0 atom stereocenters. The molecule has 7 nitrogen and oxygen atoms in total. The lowest BCUT2D eigenvalue weighted by molar-refractivity contribution is 0.255. The number of anilines is 1. The predicted molar refractivity (Wildman–Crippen MR) is 94.8 cm³/mol. The van der Waals surface area contributed by atoms with Crippen LogP contribution in [-0.2, 0) is 13.0 Å². The van der Waals surface area contributed by atoms with Crippen molar-refractivity contribution in [3.8, 4) is 11.8 Å². The number of imidazole rings is 1. The number of hydrogen-bond donors (Lipinski definition) is 1. The molecule has 3 heterocycles. The molecule has 2 N–H and O–H groups in total. The Bertz CT molecular complexity index is 906. The third kappa shape index (κ3) is 3.22. The van der Waals surface area contributed by atoms with Crippen LogP contribution in [0.2, 0.25) is 0 Å². The van der Waals surface area contributed by atoms with E-state index in [2.05, 4.69) is 31.7 Å². The molecule has 0 spiro atoms. The number of nitrogens with zero attached hydrogens (tertiary/aromatic N) is 4. The van der Waals surface area contributed by atoms with Crippen LogP contribution in [0, 0.1) is 6.92 Å². The highest BCUT2D eigenvalue weighted by Gasteiger charge is 2.15. The maximum absolute atomic E-state index is 6.06. The van der Waals surface area contributed by atoms with Crippen molar-refractivity contribution in [1.29, 1.82) is 0 Å². The van der Waals surface area contributed by atoms with Crippen molar-refractivity contribution in [2.75, 3.05) is 18.9 Å². The number of nitrogen functional groups attached to an aromatic ring is 1. The minimum absolute atomic E-state index is 0.308. The molecule has 0 radical (unpaired) electrons. The van der Waals surface area contributed by atoms with Crippen LogP contribution in [0.1, 0.15) is 24.2 Å². The summed E-state index contributed by atoms with van der Waals surface area (Å²) in [5.74, 6) is 2.13. The van der Waals surface area contributed by atoms with Crippen LogP contribution in [0.3, 0.4) is 0 Å². The molecule has 25 heavy (non-hydrogen) atoms. The van der Waals surface area contributed by atoms with Gasteiger partial charge in [0, 0.05) is 6.54 Å². The summed E-state index contributed by atoms with van der Waals surface area (Å²) in [7, 11) is 0. The largest absolute Gasteiger partial charge is 0.494 e. The predicted octanol–water partition coefficient (Wildman–Crippen LogP) is 2.51. The van der Waals surface area contributed by atoms with Crippen LogP contribution < -0.4 is 15.2 Å². The molecule has 0 amide bonds. The summed E-state index contributed by atoms with van der Waals surface area (Å²) in [5, 5.41) is 0. The van der Waals surface area contributed by atoms with Gasteiger partial charge < -0.3 is 19.8 Å². The first-order valence-electron chi connectivity index (χ1n) is 8.55. The fourth-order valence-corrected chi connectivity index (χ4v) is 3.03. The van der Waals surface area contributed by atoms with E-state index in [0.717, 1.165) is 43.0 Å². The summed E-state index contributed by atoms with van der Waals surface area (Å²) in [6.07, 6.45) is 2.61. The Morgan fingerprint density at radius 2 is 1.92 bits per heavy atom. The second-order valence-electron chi connectivity index (χ2n) is 6.18. The summed E-state index contributed by atoms with van der Waals surface area (Å²) >= 11 is 0. The van der Waals surface area contributed by atoms with Crippen molar-refractivity contribution in [2.45, 2.75) is 32.7 Å². The van der Waals surface area contributed by atoms with Gasteiger partial charge >= 0.3 is 6.01 Å². The van der Waals surface area contributed by atoms with E-state index in [9.17, 15) is 0 Å². The fraction of sp³-hybridized carbons (Fsp3) is 0.389. The lowest BCUT2D eigenvalue weighted by Gasteiger charge is -2.09. The maximum atomic E-state index is 6.06. The Kier molecular flexibility index (Phi) is 4.13. The molecule has 7 heteroatoms. The van der Waals surface area contributed by atoms with Gasteiger partial charge in [0.2, 0.25) is 0 Å². The molecule has 4 rings (SSSR count). The van der Waals surface area contributed by atoms with E-state index in [1.165, 1.54) is 5.56 Å². The summed E-state index contributed by atoms with van der Waals surface area (Å²) in [6.45, 7) is 3.90. The first-order chi connectivity index (χ1) is 12.2. The van der Waals surface area contributed by atoms with Gasteiger partial charge in [-0.15, -0.1) is 0 Å². The van der Waals surface area contributed by atoms with Gasteiger partial charge in [0.15, 0.2) is 17.0 Å². The van der Waals surface area contributed by atoms with Crippen LogP contribution in [-0.4, -0.2) is 32.7 Å². The Morgan fingerprint density at radius 1 is 1.08 bits per heavy atom. The molecule has 0 fully saturated rings. The molecule has 1 aliphatic heterocycles. The van der Waals surface area contributed by atoms with Gasteiger partial charge in [0.05, 0.1) is 13.2 Å². The smallest absolute Gasteiger partial charge is 0.320 e. The number of aromatic nitrogens is 4. The molecule has 130 valence electrons. The second-order valence-corrected chi connectivity index (χ2v) is 6.18. The van der Waals surface area contributed by atoms with Crippen LogP contribution in [0.4, 0.5) is 5.82 Å². The molecule has 0 saturated heterocycles. The van der Waals surface area contributed by atoms with Crippen LogP contribution >= 0.6 is 0 Å². The summed E-state index contributed by atoms with van der Waals surface area (Å²) in [5.41, 5.74) is 8.63. The lowest BCUT2D eigenvalue weighted by Crippen LogP contribution is -2.07. The van der Waals surface area contributed by atoms with Gasteiger partial charge in [0.25, 0.3) is 0 Å². The Balaban J connectivity index is 1.74. The van der Waals surface area contributed by atoms with Crippen molar-refractivity contribution < 1.29 is 9.47 Å². The zero-order valence-corrected chi connectivity index (χ0v) is 14.2. The molecule has 1 aliphatic rings. The number of nitrogens with two attached hydrogens (primary N) is 1. The SMILES string of the molecule is Cc1nc2c(N)nc3nc2n1CCc1cccc(c1)OCCCCO3. The minimum Gasteiger partial charge on any atom is -0.494 e. The van der Waals surface area contributed by atoms with E-state index >= 15 is 0 Å². The molecular formula is C18H21N5O2. The highest BCUT2D eigenvalue weighted by atomic mass is 16.5. The average molecular weight is 339 g/mol. The highest BCUT2D eigenvalue weighted by molar-refractivity contribution is 5.82. The Labute approximate surface area is 145 Å². The van der Waals surface area contributed by atoms with E-state index in [-0.39, 0.29) is 0 Å². The number of hydrogen-bond acceptors (Lipinski definition) is 6. The monoisotopic (exact) mass is 339 g/mol. The van der Waals surface area contributed by atoms with E-state index in [0.29, 0.717) is 30.6 Å². The molecule has 0 saturated carbocycles. The fourth-order valence-electron chi connectivity index (χ4n) is 3.03. The normalized spacial score (nSPS) is 15.2. The van der Waals surface area contributed by atoms with Crippen molar-refractivity contribution >= 4 is 17.0 Å². The molecular weight excluding hydrogens is 318 g/mol. The van der Waals surface area contributed by atoms with E-state index in [1.54, 1.807) is 0 Å². The van der Waals surface area contributed by atoms with E-state index < -0.39 is 0 Å². The number of benzene rings is 1. The van der Waals surface area contributed by atoms with E-state index in [4.69, 9.17) is 15.2 Å². The van der Waals surface area contributed by atoms with Crippen molar-refractivity contribution in [1.82, 2.24) is 19.5 Å². The first kappa shape index (κ1) is 15.7. The van der Waals surface area contributed by atoms with Gasteiger partial charge in [-0.1, -0.05) is 12.1 Å². The maximum Gasteiger partial charge on any atom is 0.320 e. The topological polar surface area (TPSA) is 88.1 Å². The molecule has 0 unspecified atom stereocenters. The summed E-state index contributed by atoms with van der Waals surface area (Å²) in [6, 6.07) is 8.54. The van der Waals surface area contributed by atoms with Gasteiger partial charge in [-0.3, -0.25) is 0 Å². The molecule has 3 aromatic rings. The quantitative estimate of drug-likeness (QED) is 0.677. The minimum atomic E-state index is 0.308. The van der Waals surface area contributed by atoms with Gasteiger partial charge in [0.1, 0.15) is 11.6 Å².